The van der Waals surface area contributed by atoms with Gasteiger partial charge in [-0.05, 0) is 88.5 Å². The molecule has 0 saturated heterocycles. The highest BCUT2D eigenvalue weighted by Gasteiger charge is 2.26. The molecule has 0 fully saturated rings. The van der Waals surface area contributed by atoms with Crippen LogP contribution in [0, 0.1) is 11.8 Å². The van der Waals surface area contributed by atoms with E-state index >= 15 is 0 Å². The molecule has 0 unspecified atom stereocenters. The number of benzene rings is 1. The standard InChI is InChI=1S/C55H84N6O21/c1-2-3-24-57-40-18-14-37(15-19-40)51(70)59-25-8-7-12-44(50(56)69)60-49(68)36-82-32-29-79-27-9-11-41(62)20-21-45(54(75)76)61-48(67)23-17-39(53(73)74)34-43(64)35-81-31-30-80-28-26-58-47(66)22-16-38(52(71)72)33-42(63)10-5-4-6-13-46(65)55(77)78/h14-15,18-19,38-39,44-45,57H,2-13,16-17,20-36H2,1H3,(H2,56,69)(H,58,66)(H,59,70)(H,60,68)(H,61,67)(H,71,72)(H,73,74)(H,75,76)(H,77,78)/t38-,39-,44+,45+/m1/s1. The molecule has 0 bridgehead atoms. The largest absolute Gasteiger partial charge is 0.481 e. The van der Waals surface area contributed by atoms with E-state index in [0.717, 1.165) is 25.1 Å². The van der Waals surface area contributed by atoms with Gasteiger partial charge in [0.15, 0.2) is 5.78 Å². The molecule has 0 aliphatic heterocycles. The summed E-state index contributed by atoms with van der Waals surface area (Å²) in [6.45, 7) is 2.81. The van der Waals surface area contributed by atoms with Crippen LogP contribution in [-0.2, 0) is 76.5 Å². The maximum absolute atomic E-state index is 12.6. The maximum Gasteiger partial charge on any atom is 0.372 e. The van der Waals surface area contributed by atoms with Gasteiger partial charge in [0, 0.05) is 88.9 Å². The summed E-state index contributed by atoms with van der Waals surface area (Å²) in [6, 6.07) is 4.81. The van der Waals surface area contributed by atoms with E-state index in [4.69, 9.17) is 29.8 Å². The van der Waals surface area contributed by atoms with E-state index in [1.54, 1.807) is 12.1 Å². The number of unbranched alkanes of at least 4 members (excludes halogenated alkanes) is 4. The fourth-order valence-electron chi connectivity index (χ4n) is 7.75. The van der Waals surface area contributed by atoms with Crippen molar-refractivity contribution in [1.82, 2.24) is 21.3 Å². The summed E-state index contributed by atoms with van der Waals surface area (Å²) in [7, 11) is 0. The molecule has 1 aromatic rings. The Morgan fingerprint density at radius 2 is 1.06 bits per heavy atom. The van der Waals surface area contributed by atoms with Crippen molar-refractivity contribution in [1.29, 1.82) is 0 Å². The van der Waals surface area contributed by atoms with E-state index in [1.165, 1.54) is 0 Å². The van der Waals surface area contributed by atoms with Crippen molar-refractivity contribution >= 4 is 82.2 Å². The molecule has 0 heterocycles. The first-order valence-corrected chi connectivity index (χ1v) is 27.7. The van der Waals surface area contributed by atoms with Gasteiger partial charge >= 0.3 is 23.9 Å². The van der Waals surface area contributed by atoms with Gasteiger partial charge in [-0.2, -0.15) is 0 Å². The molecule has 0 radical (unpaired) electrons. The van der Waals surface area contributed by atoms with E-state index in [0.29, 0.717) is 50.6 Å². The minimum absolute atomic E-state index is 0.00295. The summed E-state index contributed by atoms with van der Waals surface area (Å²) in [5.74, 6) is -12.7. The van der Waals surface area contributed by atoms with Gasteiger partial charge in [-0.25, -0.2) is 9.59 Å². The minimum Gasteiger partial charge on any atom is -0.481 e. The predicted octanol–water partition coefficient (Wildman–Crippen LogP) is 2.13. The van der Waals surface area contributed by atoms with Gasteiger partial charge in [-0.3, -0.25) is 52.7 Å². The van der Waals surface area contributed by atoms with Crippen molar-refractivity contribution in [2.45, 2.75) is 147 Å². The molecular weight excluding hydrogens is 1080 g/mol. The smallest absolute Gasteiger partial charge is 0.372 e. The SMILES string of the molecule is CCCCNc1ccc(C(=O)NCCCC[C@H](NC(=O)COCCOCCCC(=O)CC[C@H](NC(=O)CC[C@H](CC(=O)COCCOCCNC(=O)CC[C@H](CC(=O)CCCCCC(=O)C(=O)O)C(=O)O)C(=O)O)C(=O)O)C(N)=O)cc1. The van der Waals surface area contributed by atoms with Crippen LogP contribution in [0.25, 0.3) is 0 Å². The number of carboxylic acids is 4. The molecular formula is C55H84N6O21. The minimum atomic E-state index is -1.52. The van der Waals surface area contributed by atoms with Gasteiger partial charge in [-0.1, -0.05) is 19.8 Å². The number of primary amides is 1. The highest BCUT2D eigenvalue weighted by Crippen LogP contribution is 2.17. The number of carbonyl (C=O) groups is 13. The zero-order chi connectivity index (χ0) is 61.1. The summed E-state index contributed by atoms with van der Waals surface area (Å²) in [6.07, 6.45) is 2.64. The summed E-state index contributed by atoms with van der Waals surface area (Å²) in [4.78, 5) is 156. The lowest BCUT2D eigenvalue weighted by Gasteiger charge is -2.16. The Morgan fingerprint density at radius 3 is 1.68 bits per heavy atom. The fraction of sp³-hybridized carbons (Fsp3) is 0.655. The lowest BCUT2D eigenvalue weighted by molar-refractivity contribution is -0.149. The number of nitrogens with two attached hydrogens (primary N) is 1. The van der Waals surface area contributed by atoms with Crippen molar-refractivity contribution in [3.63, 3.8) is 0 Å². The van der Waals surface area contributed by atoms with Crippen molar-refractivity contribution < 1.29 is 102 Å². The van der Waals surface area contributed by atoms with Gasteiger partial charge < -0.3 is 71.7 Å². The van der Waals surface area contributed by atoms with Gasteiger partial charge in [0.1, 0.15) is 36.9 Å². The Morgan fingerprint density at radius 1 is 0.476 bits per heavy atom. The molecule has 27 nitrogen and oxygen atoms in total. The number of hydrogen-bond acceptors (Lipinski definition) is 18. The second kappa shape index (κ2) is 44.4. The van der Waals surface area contributed by atoms with E-state index in [1.807, 2.05) is 12.1 Å². The highest BCUT2D eigenvalue weighted by atomic mass is 16.5. The van der Waals surface area contributed by atoms with Crippen LogP contribution >= 0.6 is 0 Å². The number of ketones is 4. The summed E-state index contributed by atoms with van der Waals surface area (Å²) < 4.78 is 21.3. The number of Topliss-reactive ketones (excluding diaryl/α,β-unsaturated/α-hetero) is 4. The molecule has 0 spiro atoms. The number of aliphatic carboxylic acids is 4. The normalized spacial score (nSPS) is 12.4. The molecule has 5 amide bonds. The van der Waals surface area contributed by atoms with Crippen LogP contribution in [0.15, 0.2) is 24.3 Å². The zero-order valence-electron chi connectivity index (χ0n) is 46.8. The first-order chi connectivity index (χ1) is 39.1. The van der Waals surface area contributed by atoms with Crippen molar-refractivity contribution in [3.8, 4) is 0 Å². The van der Waals surface area contributed by atoms with E-state index in [-0.39, 0.29) is 134 Å². The highest BCUT2D eigenvalue weighted by molar-refractivity contribution is 6.32. The molecule has 11 N–H and O–H groups in total. The molecule has 4 atom stereocenters. The Hall–Kier alpha value is -7.23. The predicted molar refractivity (Wildman–Crippen MR) is 292 cm³/mol. The lowest BCUT2D eigenvalue weighted by atomic mass is 9.94. The second-order valence-corrected chi connectivity index (χ2v) is 19.4. The maximum atomic E-state index is 12.6. The molecule has 27 heteroatoms. The molecule has 1 rings (SSSR count). The van der Waals surface area contributed by atoms with E-state index < -0.39 is 102 Å². The van der Waals surface area contributed by atoms with Crippen LogP contribution in [0.3, 0.4) is 0 Å². The first kappa shape index (κ1) is 72.8. The Balaban J connectivity index is 2.21. The summed E-state index contributed by atoms with van der Waals surface area (Å²) >= 11 is 0. The average Bonchev–Trinajstić information content (AvgIpc) is 3.42. The Bertz CT molecular complexity index is 2210. The van der Waals surface area contributed by atoms with Crippen LogP contribution in [-0.4, -0.2) is 182 Å². The van der Waals surface area contributed by atoms with Gasteiger partial charge in [0.05, 0.1) is 44.9 Å². The third kappa shape index (κ3) is 36.9. The van der Waals surface area contributed by atoms with Crippen molar-refractivity contribution in [2.75, 3.05) is 77.8 Å². The monoisotopic (exact) mass is 1160 g/mol. The van der Waals surface area contributed by atoms with E-state index in [9.17, 15) is 77.6 Å². The summed E-state index contributed by atoms with van der Waals surface area (Å²) in [5, 5.41) is 50.8. The fourth-order valence-corrected chi connectivity index (χ4v) is 7.75. The second-order valence-electron chi connectivity index (χ2n) is 19.4. The van der Waals surface area contributed by atoms with Crippen molar-refractivity contribution in [2.24, 2.45) is 17.6 Å². The Kier molecular flexibility index (Phi) is 39.4. The number of hydrogen-bond donors (Lipinski definition) is 10. The Labute approximate surface area is 476 Å². The topological polar surface area (TPSA) is 426 Å². The average molecular weight is 1170 g/mol. The third-order valence-corrected chi connectivity index (χ3v) is 12.5. The third-order valence-electron chi connectivity index (χ3n) is 12.5. The molecule has 82 heavy (non-hydrogen) atoms. The molecule has 0 saturated carbocycles. The number of amides is 5. The molecule has 460 valence electrons. The summed E-state index contributed by atoms with van der Waals surface area (Å²) in [5.41, 5.74) is 6.93. The number of ether oxygens (including phenoxy) is 4. The molecule has 0 aliphatic carbocycles. The number of nitrogens with one attached hydrogen (secondary N) is 5. The number of rotatable bonds is 53. The van der Waals surface area contributed by atoms with Crippen LogP contribution in [0.5, 0.6) is 0 Å². The lowest BCUT2D eigenvalue weighted by Crippen LogP contribution is -2.45. The quantitative estimate of drug-likeness (QED) is 0.0330. The molecule has 1 aromatic carbocycles. The number of carbonyl (C=O) groups excluding carboxylic acids is 9. The molecule has 0 aromatic heterocycles. The molecule has 0 aliphatic rings. The van der Waals surface area contributed by atoms with Crippen molar-refractivity contribution in [3.05, 3.63) is 29.8 Å². The van der Waals surface area contributed by atoms with Crippen LogP contribution in [0.1, 0.15) is 146 Å². The first-order valence-electron chi connectivity index (χ1n) is 27.7. The van der Waals surface area contributed by atoms with Gasteiger partial charge in [0.25, 0.3) is 5.91 Å². The van der Waals surface area contributed by atoms with Crippen LogP contribution in [0.4, 0.5) is 5.69 Å². The number of carboxylic acid groups (broad SMARTS) is 4. The van der Waals surface area contributed by atoms with Crippen LogP contribution in [0.2, 0.25) is 0 Å². The van der Waals surface area contributed by atoms with E-state index in [2.05, 4.69) is 33.5 Å². The number of anilines is 1. The zero-order valence-corrected chi connectivity index (χ0v) is 46.8. The van der Waals surface area contributed by atoms with Gasteiger partial charge in [-0.15, -0.1) is 0 Å². The van der Waals surface area contributed by atoms with Gasteiger partial charge in [0.2, 0.25) is 29.4 Å². The van der Waals surface area contributed by atoms with Crippen LogP contribution < -0.4 is 32.3 Å².